The van der Waals surface area contributed by atoms with Crippen LogP contribution in [0.3, 0.4) is 0 Å². The molecular weight excluding hydrogens is 282 g/mol. The van der Waals surface area contributed by atoms with E-state index in [9.17, 15) is 9.59 Å². The second kappa shape index (κ2) is 6.76. The molecule has 1 fully saturated rings. The van der Waals surface area contributed by atoms with Crippen LogP contribution in [0.1, 0.15) is 34.6 Å². The normalized spacial score (nSPS) is 18.1. The molecule has 1 aromatic rings. The lowest BCUT2D eigenvalue weighted by molar-refractivity contribution is -0.137. The van der Waals surface area contributed by atoms with E-state index in [2.05, 4.69) is 9.59 Å². The molecular formula is C12H17N3O4S. The minimum absolute atomic E-state index is 0.00562. The SMILES string of the molecule is Cc1nnsc1C(=O)N(CCC(=O)O)CC1CCCO1. The Balaban J connectivity index is 2.05. The first kappa shape index (κ1) is 14.9. The van der Waals surface area contributed by atoms with Gasteiger partial charge in [0.1, 0.15) is 4.88 Å². The molecule has 8 heteroatoms. The maximum atomic E-state index is 12.4. The molecule has 0 aromatic carbocycles. The molecule has 0 aliphatic carbocycles. The number of aliphatic carboxylic acids is 1. The number of hydrogen-bond acceptors (Lipinski definition) is 6. The summed E-state index contributed by atoms with van der Waals surface area (Å²) in [6.45, 7) is 3.01. The summed E-state index contributed by atoms with van der Waals surface area (Å²) in [6, 6.07) is 0. The van der Waals surface area contributed by atoms with Crippen LogP contribution in [0.25, 0.3) is 0 Å². The van der Waals surface area contributed by atoms with Gasteiger partial charge in [-0.2, -0.15) is 0 Å². The van der Waals surface area contributed by atoms with Crippen molar-refractivity contribution in [3.63, 3.8) is 0 Å². The first-order valence-corrected chi connectivity index (χ1v) is 7.27. The number of hydrogen-bond donors (Lipinski definition) is 1. The number of carbonyl (C=O) groups is 2. The van der Waals surface area contributed by atoms with E-state index >= 15 is 0 Å². The fourth-order valence-electron chi connectivity index (χ4n) is 2.11. The van der Waals surface area contributed by atoms with E-state index in [1.807, 2.05) is 0 Å². The van der Waals surface area contributed by atoms with E-state index in [1.165, 1.54) is 4.90 Å². The monoisotopic (exact) mass is 299 g/mol. The fraction of sp³-hybridized carbons (Fsp3) is 0.667. The smallest absolute Gasteiger partial charge is 0.305 e. The van der Waals surface area contributed by atoms with Crippen LogP contribution in [0, 0.1) is 6.92 Å². The first-order chi connectivity index (χ1) is 9.58. The van der Waals surface area contributed by atoms with E-state index in [1.54, 1.807) is 6.92 Å². The number of rotatable bonds is 6. The van der Waals surface area contributed by atoms with E-state index in [0.29, 0.717) is 23.7 Å². The van der Waals surface area contributed by atoms with Gasteiger partial charge in [0.2, 0.25) is 0 Å². The highest BCUT2D eigenvalue weighted by Crippen LogP contribution is 2.17. The van der Waals surface area contributed by atoms with Crippen molar-refractivity contribution in [3.8, 4) is 0 Å². The Morgan fingerprint density at radius 2 is 2.35 bits per heavy atom. The van der Waals surface area contributed by atoms with Crippen molar-refractivity contribution in [3.05, 3.63) is 10.6 Å². The third-order valence-electron chi connectivity index (χ3n) is 3.18. The minimum Gasteiger partial charge on any atom is -0.481 e. The summed E-state index contributed by atoms with van der Waals surface area (Å²) >= 11 is 1.04. The number of nitrogens with zero attached hydrogens (tertiary/aromatic N) is 3. The number of amides is 1. The minimum atomic E-state index is -0.922. The van der Waals surface area contributed by atoms with Crippen LogP contribution in [0.2, 0.25) is 0 Å². The molecule has 0 spiro atoms. The summed E-state index contributed by atoms with van der Waals surface area (Å²) in [7, 11) is 0. The highest BCUT2D eigenvalue weighted by Gasteiger charge is 2.26. The molecule has 0 saturated carbocycles. The van der Waals surface area contributed by atoms with Crippen molar-refractivity contribution < 1.29 is 19.4 Å². The zero-order chi connectivity index (χ0) is 14.5. The van der Waals surface area contributed by atoms with Gasteiger partial charge < -0.3 is 14.7 Å². The van der Waals surface area contributed by atoms with Crippen LogP contribution in [0.15, 0.2) is 0 Å². The van der Waals surface area contributed by atoms with Crippen LogP contribution >= 0.6 is 11.5 Å². The van der Waals surface area contributed by atoms with Crippen molar-refractivity contribution in [1.29, 1.82) is 0 Å². The fourth-order valence-corrected chi connectivity index (χ4v) is 2.74. The third-order valence-corrected chi connectivity index (χ3v) is 3.99. The second-order valence-corrected chi connectivity index (χ2v) is 5.47. The van der Waals surface area contributed by atoms with Crippen LogP contribution in [0.5, 0.6) is 0 Å². The standard InChI is InChI=1S/C12H17N3O4S/c1-8-11(20-14-13-8)12(18)15(5-4-10(16)17)7-9-3-2-6-19-9/h9H,2-7H2,1H3,(H,16,17). The maximum Gasteiger partial charge on any atom is 0.305 e. The summed E-state index contributed by atoms with van der Waals surface area (Å²) in [5, 5.41) is 12.6. The molecule has 2 rings (SSSR count). The Labute approximate surface area is 120 Å². The zero-order valence-electron chi connectivity index (χ0n) is 11.2. The molecule has 7 nitrogen and oxygen atoms in total. The topological polar surface area (TPSA) is 92.6 Å². The maximum absolute atomic E-state index is 12.4. The van der Waals surface area contributed by atoms with Gasteiger partial charge in [-0.05, 0) is 31.3 Å². The van der Waals surface area contributed by atoms with Crippen LogP contribution in [-0.4, -0.2) is 57.3 Å². The molecule has 110 valence electrons. The number of ether oxygens (including phenoxy) is 1. The zero-order valence-corrected chi connectivity index (χ0v) is 12.1. The Hall–Kier alpha value is -1.54. The van der Waals surface area contributed by atoms with Crippen molar-refractivity contribution in [2.75, 3.05) is 19.7 Å². The molecule has 1 atom stereocenters. The number of aromatic nitrogens is 2. The molecule has 1 aliphatic rings. The molecule has 1 saturated heterocycles. The molecule has 2 heterocycles. The summed E-state index contributed by atoms with van der Waals surface area (Å²) in [5.41, 5.74) is 0.577. The van der Waals surface area contributed by atoms with Gasteiger partial charge in [0, 0.05) is 19.7 Å². The van der Waals surface area contributed by atoms with Gasteiger partial charge in [0.15, 0.2) is 0 Å². The number of carboxylic acids is 1. The van der Waals surface area contributed by atoms with Crippen LogP contribution in [-0.2, 0) is 9.53 Å². The number of carbonyl (C=O) groups excluding carboxylic acids is 1. The molecule has 1 unspecified atom stereocenters. The molecule has 0 radical (unpaired) electrons. The Bertz CT molecular complexity index is 485. The second-order valence-electron chi connectivity index (χ2n) is 4.72. The quantitative estimate of drug-likeness (QED) is 0.840. The van der Waals surface area contributed by atoms with Gasteiger partial charge in [-0.15, -0.1) is 5.10 Å². The lowest BCUT2D eigenvalue weighted by Crippen LogP contribution is -2.38. The van der Waals surface area contributed by atoms with Crippen molar-refractivity contribution in [1.82, 2.24) is 14.5 Å². The lowest BCUT2D eigenvalue weighted by Gasteiger charge is -2.24. The van der Waals surface area contributed by atoms with Crippen molar-refractivity contribution in [2.24, 2.45) is 0 Å². The Morgan fingerprint density at radius 1 is 1.55 bits per heavy atom. The van der Waals surface area contributed by atoms with Crippen LogP contribution < -0.4 is 0 Å². The molecule has 20 heavy (non-hydrogen) atoms. The number of aryl methyl sites for hydroxylation is 1. The van der Waals surface area contributed by atoms with E-state index < -0.39 is 5.97 Å². The molecule has 1 amide bonds. The van der Waals surface area contributed by atoms with E-state index in [-0.39, 0.29) is 25.0 Å². The van der Waals surface area contributed by atoms with Crippen LogP contribution in [0.4, 0.5) is 0 Å². The van der Waals surface area contributed by atoms with Gasteiger partial charge in [0.05, 0.1) is 18.2 Å². The molecule has 1 N–H and O–H groups in total. The summed E-state index contributed by atoms with van der Waals surface area (Å²) in [6.07, 6.45) is 1.79. The third kappa shape index (κ3) is 3.73. The predicted octanol–water partition coefficient (Wildman–Crippen LogP) is 0.942. The molecule has 1 aliphatic heterocycles. The Morgan fingerprint density at radius 3 is 2.90 bits per heavy atom. The number of carboxylic acid groups (broad SMARTS) is 1. The lowest BCUT2D eigenvalue weighted by atomic mass is 10.2. The summed E-state index contributed by atoms with van der Waals surface area (Å²) in [5.74, 6) is -1.14. The van der Waals surface area contributed by atoms with Gasteiger partial charge in [-0.3, -0.25) is 9.59 Å². The van der Waals surface area contributed by atoms with Crippen molar-refractivity contribution in [2.45, 2.75) is 32.3 Å². The molecule has 1 aromatic heterocycles. The molecule has 0 bridgehead atoms. The summed E-state index contributed by atoms with van der Waals surface area (Å²) < 4.78 is 9.27. The van der Waals surface area contributed by atoms with E-state index in [0.717, 1.165) is 24.4 Å². The van der Waals surface area contributed by atoms with Gasteiger partial charge in [-0.25, -0.2) is 0 Å². The average molecular weight is 299 g/mol. The van der Waals surface area contributed by atoms with E-state index in [4.69, 9.17) is 9.84 Å². The highest BCUT2D eigenvalue weighted by atomic mass is 32.1. The predicted molar refractivity (Wildman–Crippen MR) is 71.8 cm³/mol. The van der Waals surface area contributed by atoms with Gasteiger partial charge in [0.25, 0.3) is 5.91 Å². The Kier molecular flexibility index (Phi) is 5.02. The highest BCUT2D eigenvalue weighted by molar-refractivity contribution is 7.07. The van der Waals surface area contributed by atoms with Gasteiger partial charge in [-0.1, -0.05) is 4.49 Å². The average Bonchev–Trinajstić information content (AvgIpc) is 3.04. The van der Waals surface area contributed by atoms with Crippen molar-refractivity contribution >= 4 is 23.4 Å². The largest absolute Gasteiger partial charge is 0.481 e. The first-order valence-electron chi connectivity index (χ1n) is 6.49. The van der Waals surface area contributed by atoms with Gasteiger partial charge >= 0.3 is 5.97 Å². The summed E-state index contributed by atoms with van der Waals surface area (Å²) in [4.78, 5) is 25.2.